The Balaban J connectivity index is 1.30. The van der Waals surface area contributed by atoms with Crippen LogP contribution in [0.5, 0.6) is 0 Å². The molecular formula is C22H31F2N5S. The molecule has 1 atom stereocenters. The highest BCUT2D eigenvalue weighted by Gasteiger charge is 2.57. The van der Waals surface area contributed by atoms with Crippen LogP contribution in [-0.4, -0.2) is 84.5 Å². The Morgan fingerprint density at radius 2 is 1.93 bits per heavy atom. The van der Waals surface area contributed by atoms with E-state index in [2.05, 4.69) is 44.6 Å². The van der Waals surface area contributed by atoms with Gasteiger partial charge in [0.15, 0.2) is 5.67 Å². The molecule has 8 heteroatoms. The zero-order valence-electron chi connectivity index (χ0n) is 18.1. The normalized spacial score (nSPS) is 24.5. The average Bonchev–Trinajstić information content (AvgIpc) is 3.24. The lowest BCUT2D eigenvalue weighted by Gasteiger charge is -2.59. The molecule has 0 saturated carbocycles. The van der Waals surface area contributed by atoms with Crippen molar-refractivity contribution < 1.29 is 8.78 Å². The third kappa shape index (κ3) is 3.31. The lowest BCUT2D eigenvalue weighted by molar-refractivity contribution is -0.140. The highest BCUT2D eigenvalue weighted by atomic mass is 32.1. The largest absolute Gasteiger partial charge is 0.355 e. The van der Waals surface area contributed by atoms with E-state index in [0.29, 0.717) is 25.4 Å². The SMILES string of the molecule is CC(C)[C@H](N1CC2(CCN(c3ncnc4sc(CCF)cc34)C2)C1)C1(F)CN(C)C1. The van der Waals surface area contributed by atoms with E-state index in [1.807, 2.05) is 7.05 Å². The van der Waals surface area contributed by atoms with Gasteiger partial charge in [0.05, 0.1) is 12.1 Å². The number of rotatable bonds is 6. The Hall–Kier alpha value is -1.38. The number of aromatic nitrogens is 2. The van der Waals surface area contributed by atoms with Gasteiger partial charge in [-0.25, -0.2) is 14.4 Å². The molecule has 2 aromatic heterocycles. The summed E-state index contributed by atoms with van der Waals surface area (Å²) >= 11 is 1.56. The van der Waals surface area contributed by atoms with Crippen LogP contribution in [0.3, 0.4) is 0 Å². The summed E-state index contributed by atoms with van der Waals surface area (Å²) in [5, 5.41) is 1.04. The summed E-state index contributed by atoms with van der Waals surface area (Å²) < 4.78 is 28.2. The second kappa shape index (κ2) is 7.35. The molecule has 0 unspecified atom stereocenters. The van der Waals surface area contributed by atoms with E-state index in [4.69, 9.17) is 0 Å². The van der Waals surface area contributed by atoms with Gasteiger partial charge >= 0.3 is 0 Å². The molecule has 5 rings (SSSR count). The fourth-order valence-electron chi connectivity index (χ4n) is 6.13. The summed E-state index contributed by atoms with van der Waals surface area (Å²) in [5.74, 6) is 1.28. The smallest absolute Gasteiger partial charge is 0.151 e. The molecule has 30 heavy (non-hydrogen) atoms. The molecule has 164 valence electrons. The first kappa shape index (κ1) is 20.5. The molecule has 3 saturated heterocycles. The molecule has 0 aromatic carbocycles. The van der Waals surface area contributed by atoms with Gasteiger partial charge < -0.3 is 4.90 Å². The van der Waals surface area contributed by atoms with Crippen LogP contribution >= 0.6 is 11.3 Å². The summed E-state index contributed by atoms with van der Waals surface area (Å²) in [6.45, 7) is 8.89. The van der Waals surface area contributed by atoms with Gasteiger partial charge in [-0.15, -0.1) is 11.3 Å². The lowest BCUT2D eigenvalue weighted by Crippen LogP contribution is -2.73. The number of thiophene rings is 1. The number of hydrogen-bond acceptors (Lipinski definition) is 6. The third-order valence-corrected chi connectivity index (χ3v) is 8.24. The molecule has 5 heterocycles. The minimum atomic E-state index is -1.08. The van der Waals surface area contributed by atoms with E-state index < -0.39 is 5.67 Å². The maximum absolute atomic E-state index is 15.5. The number of halogens is 2. The minimum absolute atomic E-state index is 0.000681. The van der Waals surface area contributed by atoms with Crippen molar-refractivity contribution in [1.29, 1.82) is 0 Å². The van der Waals surface area contributed by atoms with Crippen molar-refractivity contribution >= 4 is 27.4 Å². The van der Waals surface area contributed by atoms with E-state index in [1.165, 1.54) is 0 Å². The van der Waals surface area contributed by atoms with Gasteiger partial charge in [0.25, 0.3) is 0 Å². The Labute approximate surface area is 181 Å². The standard InChI is InChI=1S/C22H31F2N5S/c1-15(2)18(22(24)12-27(3)13-22)29-10-21(11-29)5-7-28(9-21)19-17-8-16(4-6-23)30-20(17)26-14-25-19/h8,14-15,18H,4-7,9-13H2,1-3H3/t18-/m0/s1. The van der Waals surface area contributed by atoms with Gasteiger partial charge in [-0.3, -0.25) is 14.2 Å². The Bertz CT molecular complexity index is 919. The number of hydrogen-bond donors (Lipinski definition) is 0. The van der Waals surface area contributed by atoms with Crippen LogP contribution in [0.2, 0.25) is 0 Å². The first-order valence-corrected chi connectivity index (χ1v) is 11.8. The van der Waals surface area contributed by atoms with Crippen LogP contribution in [0.1, 0.15) is 25.1 Å². The van der Waals surface area contributed by atoms with Crippen molar-refractivity contribution in [2.24, 2.45) is 11.3 Å². The van der Waals surface area contributed by atoms with Gasteiger partial charge in [0.1, 0.15) is 17.0 Å². The number of alkyl halides is 2. The second-order valence-corrected chi connectivity index (χ2v) is 11.2. The Morgan fingerprint density at radius 1 is 1.17 bits per heavy atom. The summed E-state index contributed by atoms with van der Waals surface area (Å²) in [7, 11) is 1.99. The van der Waals surface area contributed by atoms with Crippen LogP contribution in [0.25, 0.3) is 10.2 Å². The maximum Gasteiger partial charge on any atom is 0.151 e. The third-order valence-electron chi connectivity index (χ3n) is 7.14. The topological polar surface area (TPSA) is 35.5 Å². The fraction of sp³-hybridized carbons (Fsp3) is 0.727. The summed E-state index contributed by atoms with van der Waals surface area (Å²) in [6, 6.07) is 2.06. The van der Waals surface area contributed by atoms with Crippen molar-refractivity contribution in [1.82, 2.24) is 19.8 Å². The molecule has 3 aliphatic rings. The van der Waals surface area contributed by atoms with Gasteiger partial charge in [-0.05, 0) is 25.5 Å². The molecule has 0 bridgehead atoms. The van der Waals surface area contributed by atoms with Crippen molar-refractivity contribution in [2.45, 2.75) is 38.4 Å². The highest BCUT2D eigenvalue weighted by Crippen LogP contribution is 2.47. The van der Waals surface area contributed by atoms with Gasteiger partial charge in [-0.1, -0.05) is 13.8 Å². The summed E-state index contributed by atoms with van der Waals surface area (Å²) in [6.07, 6.45) is 3.18. The number of likely N-dealkylation sites (tertiary alicyclic amines) is 2. The quantitative estimate of drug-likeness (QED) is 0.695. The molecule has 0 N–H and O–H groups in total. The van der Waals surface area contributed by atoms with Gasteiger partial charge in [0.2, 0.25) is 0 Å². The Kier molecular flexibility index (Phi) is 5.02. The molecule has 0 radical (unpaired) electrons. The van der Waals surface area contributed by atoms with Crippen molar-refractivity contribution in [2.75, 3.05) is 57.9 Å². The van der Waals surface area contributed by atoms with E-state index >= 15 is 4.39 Å². The molecule has 5 nitrogen and oxygen atoms in total. The molecular weight excluding hydrogens is 404 g/mol. The summed E-state index contributed by atoms with van der Waals surface area (Å²) in [4.78, 5) is 17.8. The first-order chi connectivity index (χ1) is 14.3. The van der Waals surface area contributed by atoms with Gasteiger partial charge in [-0.2, -0.15) is 0 Å². The molecule has 3 aliphatic heterocycles. The van der Waals surface area contributed by atoms with Crippen molar-refractivity contribution in [3.8, 4) is 0 Å². The minimum Gasteiger partial charge on any atom is -0.355 e. The van der Waals surface area contributed by atoms with Crippen LogP contribution < -0.4 is 4.90 Å². The zero-order valence-corrected chi connectivity index (χ0v) is 18.9. The molecule has 3 fully saturated rings. The molecule has 2 aromatic rings. The van der Waals surface area contributed by atoms with Crippen molar-refractivity contribution in [3.63, 3.8) is 0 Å². The van der Waals surface area contributed by atoms with Crippen LogP contribution in [0.15, 0.2) is 12.4 Å². The second-order valence-electron chi connectivity index (χ2n) is 10.0. The molecule has 1 spiro atoms. The number of anilines is 1. The average molecular weight is 436 g/mol. The predicted octanol–water partition coefficient (Wildman–Crippen LogP) is 3.39. The maximum atomic E-state index is 15.5. The van der Waals surface area contributed by atoms with E-state index in [0.717, 1.165) is 53.5 Å². The van der Waals surface area contributed by atoms with E-state index in [-0.39, 0.29) is 18.1 Å². The monoisotopic (exact) mass is 435 g/mol. The fourth-order valence-corrected chi connectivity index (χ4v) is 7.10. The molecule has 0 aliphatic carbocycles. The highest BCUT2D eigenvalue weighted by molar-refractivity contribution is 7.18. The van der Waals surface area contributed by atoms with Crippen LogP contribution in [0, 0.1) is 11.3 Å². The van der Waals surface area contributed by atoms with Crippen LogP contribution in [-0.2, 0) is 6.42 Å². The zero-order chi connectivity index (χ0) is 21.1. The summed E-state index contributed by atoms with van der Waals surface area (Å²) in [5.41, 5.74) is -0.848. The first-order valence-electron chi connectivity index (χ1n) is 11.0. The van der Waals surface area contributed by atoms with E-state index in [1.54, 1.807) is 17.7 Å². The molecule has 0 amide bonds. The lowest BCUT2D eigenvalue weighted by atomic mass is 9.73. The van der Waals surface area contributed by atoms with E-state index in [9.17, 15) is 4.39 Å². The van der Waals surface area contributed by atoms with Gasteiger partial charge in [0, 0.05) is 62.0 Å². The predicted molar refractivity (Wildman–Crippen MR) is 118 cm³/mol. The van der Waals surface area contributed by atoms with Crippen LogP contribution in [0.4, 0.5) is 14.6 Å². The number of fused-ring (bicyclic) bond motifs is 1. The van der Waals surface area contributed by atoms with Crippen molar-refractivity contribution in [3.05, 3.63) is 17.3 Å². The number of nitrogens with zero attached hydrogens (tertiary/aromatic N) is 5. The Morgan fingerprint density at radius 3 is 2.60 bits per heavy atom. The number of aryl methyl sites for hydroxylation is 1.